The Hall–Kier alpha value is -4.50. The van der Waals surface area contributed by atoms with E-state index in [1.165, 1.54) is 22.9 Å². The Labute approximate surface area is 190 Å². The van der Waals surface area contributed by atoms with Crippen molar-refractivity contribution in [1.29, 1.82) is 5.26 Å². The fourth-order valence-electron chi connectivity index (χ4n) is 3.25. The Morgan fingerprint density at radius 2 is 1.94 bits per heavy atom. The predicted octanol–water partition coefficient (Wildman–Crippen LogP) is 1.64. The van der Waals surface area contributed by atoms with E-state index in [9.17, 15) is 14.4 Å². The molecule has 0 aliphatic rings. The summed E-state index contributed by atoms with van der Waals surface area (Å²) in [5.74, 6) is -0.158. The third kappa shape index (κ3) is 4.04. The summed E-state index contributed by atoms with van der Waals surface area (Å²) in [5.41, 5.74) is 17.1. The molecule has 33 heavy (non-hydrogen) atoms. The van der Waals surface area contributed by atoms with Crippen molar-refractivity contribution in [3.8, 4) is 11.8 Å². The number of nitrogen functional groups attached to an aromatic ring is 3. The highest BCUT2D eigenvalue weighted by molar-refractivity contribution is 6.35. The molecule has 3 aromatic heterocycles. The Balaban J connectivity index is 1.78. The van der Waals surface area contributed by atoms with Crippen LogP contribution in [0.4, 0.5) is 27.8 Å². The average Bonchev–Trinajstić information content (AvgIpc) is 2.77. The van der Waals surface area contributed by atoms with Gasteiger partial charge in [-0.15, -0.1) is 0 Å². The van der Waals surface area contributed by atoms with Crippen molar-refractivity contribution >= 4 is 45.9 Å². The van der Waals surface area contributed by atoms with Crippen LogP contribution in [-0.2, 0) is 6.42 Å². The van der Waals surface area contributed by atoms with E-state index in [1.54, 1.807) is 6.07 Å². The molecule has 0 fully saturated rings. The van der Waals surface area contributed by atoms with Crippen molar-refractivity contribution < 1.29 is 4.39 Å². The number of aromatic nitrogens is 5. The molecular formula is C20H16ClFN10O. The van der Waals surface area contributed by atoms with Crippen LogP contribution in [0.2, 0.25) is 5.02 Å². The monoisotopic (exact) mass is 466 g/mol. The van der Waals surface area contributed by atoms with E-state index < -0.39 is 11.4 Å². The fraction of sp³-hybridized carbons (Fsp3) is 0.100. The number of nitriles is 1. The first-order valence-electron chi connectivity index (χ1n) is 9.48. The number of nitrogens with one attached hydrogen (secondary N) is 1. The molecular weight excluding hydrogens is 451 g/mol. The van der Waals surface area contributed by atoms with Crippen LogP contribution in [0.25, 0.3) is 16.6 Å². The number of hydrogen-bond donors (Lipinski definition) is 4. The van der Waals surface area contributed by atoms with E-state index in [2.05, 4.69) is 25.3 Å². The maximum atomic E-state index is 14.0. The Morgan fingerprint density at radius 3 is 2.64 bits per heavy atom. The maximum absolute atomic E-state index is 14.0. The second kappa shape index (κ2) is 8.56. The molecule has 0 unspecified atom stereocenters. The van der Waals surface area contributed by atoms with Crippen LogP contribution in [0.1, 0.15) is 11.4 Å². The van der Waals surface area contributed by atoms with Gasteiger partial charge in [0.25, 0.3) is 5.56 Å². The smallest absolute Gasteiger partial charge is 0.267 e. The first-order valence-corrected chi connectivity index (χ1v) is 9.86. The molecule has 0 aliphatic heterocycles. The zero-order valence-electron chi connectivity index (χ0n) is 16.9. The molecule has 4 rings (SSSR count). The quantitative estimate of drug-likeness (QED) is 0.336. The molecule has 0 radical (unpaired) electrons. The third-order valence-electron chi connectivity index (χ3n) is 4.73. The van der Waals surface area contributed by atoms with Crippen molar-refractivity contribution in [3.63, 3.8) is 0 Å². The van der Waals surface area contributed by atoms with Crippen LogP contribution >= 0.6 is 11.6 Å². The molecule has 0 atom stereocenters. The van der Waals surface area contributed by atoms with E-state index in [4.69, 9.17) is 28.8 Å². The summed E-state index contributed by atoms with van der Waals surface area (Å²) >= 11 is 6.07. The molecule has 13 heteroatoms. The minimum absolute atomic E-state index is 0.0399. The summed E-state index contributed by atoms with van der Waals surface area (Å²) < 4.78 is 15.3. The lowest BCUT2D eigenvalue weighted by Crippen LogP contribution is -2.26. The lowest BCUT2D eigenvalue weighted by molar-refractivity contribution is 0.629. The van der Waals surface area contributed by atoms with Crippen LogP contribution in [-0.4, -0.2) is 31.0 Å². The number of halogens is 2. The second-order valence-electron chi connectivity index (χ2n) is 6.84. The van der Waals surface area contributed by atoms with Gasteiger partial charge in [-0.25, -0.2) is 14.4 Å². The van der Waals surface area contributed by atoms with Crippen LogP contribution in [0.3, 0.4) is 0 Å². The molecule has 0 amide bonds. The SMILES string of the molecule is N#Cc1c(N)nc(N)nc1NCCc1nc2ccc(F)c(Cl)c2c(=O)n1-c1ccc(N)nc1. The highest BCUT2D eigenvalue weighted by Crippen LogP contribution is 2.24. The van der Waals surface area contributed by atoms with Gasteiger partial charge in [0.1, 0.15) is 34.9 Å². The van der Waals surface area contributed by atoms with Gasteiger partial charge in [-0.05, 0) is 24.3 Å². The highest BCUT2D eigenvalue weighted by Gasteiger charge is 2.18. The summed E-state index contributed by atoms with van der Waals surface area (Å²) in [4.78, 5) is 29.6. The number of fused-ring (bicyclic) bond motifs is 1. The lowest BCUT2D eigenvalue weighted by Gasteiger charge is -2.15. The Bertz CT molecular complexity index is 1480. The summed E-state index contributed by atoms with van der Waals surface area (Å²) in [6, 6.07) is 7.54. The van der Waals surface area contributed by atoms with Crippen molar-refractivity contribution in [3.05, 3.63) is 63.0 Å². The Kier molecular flexibility index (Phi) is 5.63. The second-order valence-corrected chi connectivity index (χ2v) is 7.22. The molecule has 0 bridgehead atoms. The Morgan fingerprint density at radius 1 is 1.15 bits per heavy atom. The molecule has 0 spiro atoms. The maximum Gasteiger partial charge on any atom is 0.267 e. The number of anilines is 4. The first kappa shape index (κ1) is 21.7. The minimum Gasteiger partial charge on any atom is -0.384 e. The fourth-order valence-corrected chi connectivity index (χ4v) is 3.49. The van der Waals surface area contributed by atoms with Gasteiger partial charge in [-0.1, -0.05) is 11.6 Å². The molecule has 166 valence electrons. The van der Waals surface area contributed by atoms with Gasteiger partial charge in [-0.2, -0.15) is 15.2 Å². The van der Waals surface area contributed by atoms with Crippen LogP contribution in [0, 0.1) is 17.1 Å². The van der Waals surface area contributed by atoms with Crippen LogP contribution < -0.4 is 28.1 Å². The first-order chi connectivity index (χ1) is 15.8. The topological polar surface area (TPSA) is 187 Å². The summed E-state index contributed by atoms with van der Waals surface area (Å²) in [5, 5.41) is 11.9. The number of nitrogens with two attached hydrogens (primary N) is 3. The highest BCUT2D eigenvalue weighted by atomic mass is 35.5. The normalized spacial score (nSPS) is 10.8. The molecule has 0 saturated heterocycles. The number of hydrogen-bond acceptors (Lipinski definition) is 10. The van der Waals surface area contributed by atoms with E-state index in [0.717, 1.165) is 6.07 Å². The van der Waals surface area contributed by atoms with Gasteiger partial charge in [0.05, 0.1) is 27.8 Å². The lowest BCUT2D eigenvalue weighted by atomic mass is 10.2. The molecule has 7 N–H and O–H groups in total. The van der Waals surface area contributed by atoms with Gasteiger partial charge in [0.15, 0.2) is 5.82 Å². The van der Waals surface area contributed by atoms with Gasteiger partial charge in [0.2, 0.25) is 5.95 Å². The van der Waals surface area contributed by atoms with Crippen LogP contribution in [0.15, 0.2) is 35.3 Å². The zero-order chi connectivity index (χ0) is 23.7. The number of pyridine rings is 1. The molecule has 4 aromatic rings. The summed E-state index contributed by atoms with van der Waals surface area (Å²) in [6.07, 6.45) is 1.59. The van der Waals surface area contributed by atoms with E-state index in [1.807, 2.05) is 6.07 Å². The summed E-state index contributed by atoms with van der Waals surface area (Å²) in [6.45, 7) is 0.194. The molecule has 0 aliphatic carbocycles. The number of nitrogens with zero attached hydrogens (tertiary/aromatic N) is 6. The van der Waals surface area contributed by atoms with E-state index in [-0.39, 0.29) is 57.9 Å². The zero-order valence-corrected chi connectivity index (χ0v) is 17.6. The van der Waals surface area contributed by atoms with Gasteiger partial charge < -0.3 is 22.5 Å². The van der Waals surface area contributed by atoms with Crippen molar-refractivity contribution in [2.24, 2.45) is 0 Å². The molecule has 3 heterocycles. The molecule has 11 nitrogen and oxygen atoms in total. The van der Waals surface area contributed by atoms with Crippen molar-refractivity contribution in [2.75, 3.05) is 29.1 Å². The standard InChI is InChI=1S/C20H16ClFN10O/c21-16-11(22)2-3-12-15(16)19(33)32(9-1-4-13(24)28-8-9)14(29-12)5-6-27-18-10(7-23)17(25)30-20(26)31-18/h1-4,8H,5-6H2,(H2,24,28)(H5,25,26,27,30,31). The predicted molar refractivity (Wildman–Crippen MR) is 122 cm³/mol. The van der Waals surface area contributed by atoms with Crippen molar-refractivity contribution in [2.45, 2.75) is 6.42 Å². The average molecular weight is 467 g/mol. The number of rotatable bonds is 5. The van der Waals surface area contributed by atoms with E-state index in [0.29, 0.717) is 11.5 Å². The summed E-state index contributed by atoms with van der Waals surface area (Å²) in [7, 11) is 0. The minimum atomic E-state index is -0.734. The van der Waals surface area contributed by atoms with Gasteiger partial charge in [-0.3, -0.25) is 9.36 Å². The molecule has 0 saturated carbocycles. The molecule has 1 aromatic carbocycles. The third-order valence-corrected chi connectivity index (χ3v) is 5.10. The largest absolute Gasteiger partial charge is 0.384 e. The van der Waals surface area contributed by atoms with Gasteiger partial charge in [0, 0.05) is 13.0 Å². The van der Waals surface area contributed by atoms with Crippen molar-refractivity contribution in [1.82, 2.24) is 24.5 Å². The number of benzene rings is 1. The van der Waals surface area contributed by atoms with E-state index >= 15 is 0 Å². The van der Waals surface area contributed by atoms with Gasteiger partial charge >= 0.3 is 0 Å². The van der Waals surface area contributed by atoms with Crippen LogP contribution in [0.5, 0.6) is 0 Å².